The number of benzene rings is 1. The van der Waals surface area contributed by atoms with Gasteiger partial charge in [-0.1, -0.05) is 17.7 Å². The number of thiophene rings is 1. The molecule has 2 aromatic heterocycles. The summed E-state index contributed by atoms with van der Waals surface area (Å²) in [4.78, 5) is 31.8. The first-order valence-electron chi connectivity index (χ1n) is 9.37. The number of aryl methyl sites for hydroxylation is 1. The molecular formula is C20H17ClF3N3O2S. The van der Waals surface area contributed by atoms with E-state index in [2.05, 4.69) is 4.98 Å². The fourth-order valence-electron chi connectivity index (χ4n) is 3.59. The maximum atomic E-state index is 13.2. The van der Waals surface area contributed by atoms with Crippen LogP contribution in [0.3, 0.4) is 0 Å². The Hall–Kier alpha value is -2.39. The van der Waals surface area contributed by atoms with Crippen molar-refractivity contribution in [3.05, 3.63) is 50.8 Å². The van der Waals surface area contributed by atoms with E-state index in [4.69, 9.17) is 11.6 Å². The zero-order chi connectivity index (χ0) is 21.5. The Morgan fingerprint density at radius 1 is 1.23 bits per heavy atom. The number of aromatic nitrogens is 2. The zero-order valence-corrected chi connectivity index (χ0v) is 17.3. The van der Waals surface area contributed by atoms with Gasteiger partial charge >= 0.3 is 6.18 Å². The predicted molar refractivity (Wildman–Crippen MR) is 110 cm³/mol. The molecule has 1 saturated heterocycles. The summed E-state index contributed by atoms with van der Waals surface area (Å²) in [6.07, 6.45) is -1.08. The van der Waals surface area contributed by atoms with Crippen molar-refractivity contribution >= 4 is 39.1 Å². The molecule has 0 radical (unpaired) electrons. The van der Waals surface area contributed by atoms with Crippen LogP contribution in [0, 0.1) is 0 Å². The molecule has 1 aliphatic rings. The molecule has 5 nitrogen and oxygen atoms in total. The van der Waals surface area contributed by atoms with E-state index in [0.717, 1.165) is 32.0 Å². The lowest BCUT2D eigenvalue weighted by Gasteiger charge is -2.15. The molecule has 0 aliphatic carbocycles. The summed E-state index contributed by atoms with van der Waals surface area (Å²) in [5, 5.41) is 1.45. The molecule has 1 aromatic carbocycles. The van der Waals surface area contributed by atoms with Crippen molar-refractivity contribution in [2.24, 2.45) is 0 Å². The number of carbonyl (C=O) groups excluding carboxylic acids is 1. The smallest absolute Gasteiger partial charge is 0.343 e. The molecule has 3 heterocycles. The summed E-state index contributed by atoms with van der Waals surface area (Å²) in [6, 6.07) is 3.57. The van der Waals surface area contributed by atoms with Gasteiger partial charge in [0.25, 0.3) is 5.56 Å². The van der Waals surface area contributed by atoms with Crippen molar-refractivity contribution in [3.63, 3.8) is 0 Å². The number of likely N-dealkylation sites (tertiary alicyclic amines) is 1. The van der Waals surface area contributed by atoms with Crippen LogP contribution in [0.1, 0.15) is 24.8 Å². The molecule has 0 saturated carbocycles. The van der Waals surface area contributed by atoms with E-state index < -0.39 is 16.8 Å². The van der Waals surface area contributed by atoms with Crippen LogP contribution in [0.15, 0.2) is 34.7 Å². The third-order valence-corrected chi connectivity index (χ3v) is 6.38. The Balaban J connectivity index is 1.68. The van der Waals surface area contributed by atoms with Gasteiger partial charge in [-0.2, -0.15) is 13.2 Å². The first-order valence-corrected chi connectivity index (χ1v) is 10.6. The molecule has 3 aromatic rings. The maximum absolute atomic E-state index is 13.2. The van der Waals surface area contributed by atoms with E-state index in [1.165, 1.54) is 34.4 Å². The van der Waals surface area contributed by atoms with Crippen LogP contribution >= 0.6 is 22.9 Å². The van der Waals surface area contributed by atoms with Gasteiger partial charge in [0.15, 0.2) is 0 Å². The highest BCUT2D eigenvalue weighted by Gasteiger charge is 2.33. The minimum atomic E-state index is -4.60. The molecule has 10 heteroatoms. The molecule has 0 atom stereocenters. The molecule has 1 aliphatic heterocycles. The summed E-state index contributed by atoms with van der Waals surface area (Å²) in [6.45, 7) is 1.64. The van der Waals surface area contributed by atoms with Crippen LogP contribution in [-0.2, 0) is 17.5 Å². The highest BCUT2D eigenvalue weighted by atomic mass is 35.5. The van der Waals surface area contributed by atoms with Crippen LogP contribution in [0.4, 0.5) is 13.2 Å². The molecule has 4 rings (SSSR count). The normalized spacial score (nSPS) is 14.6. The average molecular weight is 456 g/mol. The average Bonchev–Trinajstić information content (AvgIpc) is 3.37. The SMILES string of the molecule is O=C(CCn1cnc2scc(-c3ccc(Cl)c(C(F)(F)F)c3)c2c1=O)N1CCCC1. The van der Waals surface area contributed by atoms with E-state index in [-0.39, 0.29) is 35.4 Å². The van der Waals surface area contributed by atoms with Gasteiger partial charge in [-0.05, 0) is 30.5 Å². The topological polar surface area (TPSA) is 55.2 Å². The Kier molecular flexibility index (Phi) is 5.59. The van der Waals surface area contributed by atoms with Crippen molar-refractivity contribution in [3.8, 4) is 11.1 Å². The van der Waals surface area contributed by atoms with Crippen molar-refractivity contribution in [1.82, 2.24) is 14.5 Å². The zero-order valence-electron chi connectivity index (χ0n) is 15.7. The molecule has 0 bridgehead atoms. The Bertz CT molecular complexity index is 1170. The molecule has 158 valence electrons. The summed E-state index contributed by atoms with van der Waals surface area (Å²) < 4.78 is 41.0. The lowest BCUT2D eigenvalue weighted by atomic mass is 10.0. The third-order valence-electron chi connectivity index (χ3n) is 5.17. The van der Waals surface area contributed by atoms with Crippen LogP contribution in [0.5, 0.6) is 0 Å². The minimum Gasteiger partial charge on any atom is -0.343 e. The lowest BCUT2D eigenvalue weighted by Crippen LogP contribution is -2.30. The fourth-order valence-corrected chi connectivity index (χ4v) is 4.72. The molecule has 1 fully saturated rings. The number of halogens is 4. The number of nitrogens with zero attached hydrogens (tertiary/aromatic N) is 3. The first-order chi connectivity index (χ1) is 14.3. The number of amides is 1. The summed E-state index contributed by atoms with van der Waals surface area (Å²) >= 11 is 6.89. The summed E-state index contributed by atoms with van der Waals surface area (Å²) in [7, 11) is 0. The van der Waals surface area contributed by atoms with Gasteiger partial charge in [-0.25, -0.2) is 4.98 Å². The number of fused-ring (bicyclic) bond motifs is 1. The Morgan fingerprint density at radius 3 is 2.67 bits per heavy atom. The summed E-state index contributed by atoms with van der Waals surface area (Å²) in [5.74, 6) is -0.0161. The second kappa shape index (κ2) is 8.03. The van der Waals surface area contributed by atoms with Crippen LogP contribution < -0.4 is 5.56 Å². The molecule has 0 spiro atoms. The largest absolute Gasteiger partial charge is 0.417 e. The van der Waals surface area contributed by atoms with Crippen LogP contribution in [0.2, 0.25) is 5.02 Å². The monoisotopic (exact) mass is 455 g/mol. The standard InChI is InChI=1S/C20H17ClF3N3O2S/c21-15-4-3-12(9-14(15)20(22,23)24)13-10-30-18-17(13)19(29)27(11-25-18)8-5-16(28)26-6-1-2-7-26/h3-4,9-11H,1-2,5-8H2. The summed E-state index contributed by atoms with van der Waals surface area (Å²) in [5.41, 5.74) is -0.729. The van der Waals surface area contributed by atoms with Crippen molar-refractivity contribution in [2.75, 3.05) is 13.1 Å². The number of hydrogen-bond donors (Lipinski definition) is 0. The van der Waals surface area contributed by atoms with Crippen LogP contribution in [0.25, 0.3) is 21.3 Å². The van der Waals surface area contributed by atoms with Crippen molar-refractivity contribution in [1.29, 1.82) is 0 Å². The molecular weight excluding hydrogens is 439 g/mol. The molecule has 0 unspecified atom stereocenters. The highest BCUT2D eigenvalue weighted by Crippen LogP contribution is 2.39. The van der Waals surface area contributed by atoms with E-state index in [0.29, 0.717) is 10.4 Å². The van der Waals surface area contributed by atoms with Gasteiger partial charge in [0.1, 0.15) is 4.83 Å². The van der Waals surface area contributed by atoms with E-state index in [1.807, 2.05) is 0 Å². The van der Waals surface area contributed by atoms with Gasteiger partial charge in [0.05, 0.1) is 22.3 Å². The number of carbonyl (C=O) groups is 1. The second-order valence-electron chi connectivity index (χ2n) is 7.10. The van der Waals surface area contributed by atoms with Crippen molar-refractivity contribution in [2.45, 2.75) is 32.0 Å². The predicted octanol–water partition coefficient (Wildman–Crippen LogP) is 4.81. The number of hydrogen-bond acceptors (Lipinski definition) is 4. The third kappa shape index (κ3) is 3.96. The van der Waals surface area contributed by atoms with E-state index >= 15 is 0 Å². The Morgan fingerprint density at radius 2 is 1.97 bits per heavy atom. The molecule has 1 amide bonds. The quantitative estimate of drug-likeness (QED) is 0.567. The highest BCUT2D eigenvalue weighted by molar-refractivity contribution is 7.17. The van der Waals surface area contributed by atoms with E-state index in [1.54, 1.807) is 10.3 Å². The van der Waals surface area contributed by atoms with Gasteiger partial charge in [0.2, 0.25) is 5.91 Å². The first kappa shape index (κ1) is 20.9. The number of rotatable bonds is 4. The minimum absolute atomic E-state index is 0.0161. The Labute approximate surface area is 178 Å². The fraction of sp³-hybridized carbons (Fsp3) is 0.350. The second-order valence-corrected chi connectivity index (χ2v) is 8.37. The van der Waals surface area contributed by atoms with Crippen LogP contribution in [-0.4, -0.2) is 33.4 Å². The van der Waals surface area contributed by atoms with Crippen molar-refractivity contribution < 1.29 is 18.0 Å². The van der Waals surface area contributed by atoms with E-state index in [9.17, 15) is 22.8 Å². The molecule has 0 N–H and O–H groups in total. The van der Waals surface area contributed by atoms with Gasteiger partial charge < -0.3 is 4.90 Å². The number of alkyl halides is 3. The molecule has 30 heavy (non-hydrogen) atoms. The lowest BCUT2D eigenvalue weighted by molar-refractivity contribution is -0.137. The maximum Gasteiger partial charge on any atom is 0.417 e. The van der Waals surface area contributed by atoms with Gasteiger partial charge in [-0.3, -0.25) is 14.2 Å². The van der Waals surface area contributed by atoms with Gasteiger partial charge in [-0.15, -0.1) is 11.3 Å². The van der Waals surface area contributed by atoms with Gasteiger partial charge in [0, 0.05) is 37.0 Å².